The molecule has 120 valence electrons. The number of nitrogens with zero attached hydrogens (tertiary/aromatic N) is 2. The number of aromatic nitrogens is 4. The van der Waals surface area contributed by atoms with Crippen molar-refractivity contribution in [3.8, 4) is 0 Å². The molecule has 0 aliphatic heterocycles. The Balaban J connectivity index is 1.73. The van der Waals surface area contributed by atoms with E-state index in [1.165, 1.54) is 6.42 Å². The van der Waals surface area contributed by atoms with E-state index >= 15 is 0 Å². The summed E-state index contributed by atoms with van der Waals surface area (Å²) < 4.78 is 2.02. The fourth-order valence-electron chi connectivity index (χ4n) is 5.40. The van der Waals surface area contributed by atoms with E-state index in [2.05, 4.69) is 35.7 Å². The molecule has 3 aromatic heterocycles. The predicted octanol–water partition coefficient (Wildman–Crippen LogP) is 3.45. The molecule has 3 aliphatic rings. The van der Waals surface area contributed by atoms with Gasteiger partial charge in [0.05, 0.1) is 17.2 Å². The summed E-state index contributed by atoms with van der Waals surface area (Å²) in [5, 5.41) is 1.03. The molecule has 0 unspecified atom stereocenters. The van der Waals surface area contributed by atoms with Gasteiger partial charge < -0.3 is 9.97 Å². The highest BCUT2D eigenvalue weighted by Gasteiger charge is 2.56. The van der Waals surface area contributed by atoms with Gasteiger partial charge in [0.1, 0.15) is 5.65 Å². The molecule has 2 N–H and O–H groups in total. The summed E-state index contributed by atoms with van der Waals surface area (Å²) in [7, 11) is 0. The Kier molecular flexibility index (Phi) is 2.37. The largest absolute Gasteiger partial charge is 0.346 e. The zero-order valence-electron chi connectivity index (χ0n) is 13.8. The highest BCUT2D eigenvalue weighted by atomic mass is 16.1. The molecule has 0 aromatic carbocycles. The van der Waals surface area contributed by atoms with E-state index in [0.717, 1.165) is 34.4 Å². The summed E-state index contributed by atoms with van der Waals surface area (Å²) in [6, 6.07) is 2.31. The maximum atomic E-state index is 12.7. The van der Waals surface area contributed by atoms with Crippen molar-refractivity contribution in [2.24, 2.45) is 23.2 Å². The van der Waals surface area contributed by atoms with E-state index in [1.807, 2.05) is 16.8 Å². The van der Waals surface area contributed by atoms with Gasteiger partial charge in [-0.15, -0.1) is 0 Å². The number of nitrogens with one attached hydrogen (secondary N) is 2. The van der Waals surface area contributed by atoms with Crippen LogP contribution in [0.4, 0.5) is 0 Å². The van der Waals surface area contributed by atoms with Crippen LogP contribution in [0.25, 0.3) is 22.1 Å². The lowest BCUT2D eigenvalue weighted by Gasteiger charge is -2.62. The molecule has 2 bridgehead atoms. The van der Waals surface area contributed by atoms with Crippen molar-refractivity contribution in [1.82, 2.24) is 19.5 Å². The molecule has 0 spiro atoms. The number of hydrogen-bond donors (Lipinski definition) is 2. The Bertz CT molecular complexity index is 976. The van der Waals surface area contributed by atoms with Gasteiger partial charge in [-0.05, 0) is 42.1 Å². The van der Waals surface area contributed by atoms with Gasteiger partial charge in [0.2, 0.25) is 0 Å². The lowest BCUT2D eigenvalue weighted by atomic mass is 9.44. The van der Waals surface area contributed by atoms with Gasteiger partial charge in [0.25, 0.3) is 0 Å². The average Bonchev–Trinajstić information content (AvgIpc) is 3.09. The zero-order chi connectivity index (χ0) is 15.9. The molecule has 0 saturated heterocycles. The maximum Gasteiger partial charge on any atom is 0.326 e. The van der Waals surface area contributed by atoms with E-state index in [1.54, 1.807) is 6.20 Å². The van der Waals surface area contributed by atoms with Crippen molar-refractivity contribution >= 4 is 22.1 Å². The first-order valence-electron chi connectivity index (χ1n) is 8.55. The lowest BCUT2D eigenvalue weighted by molar-refractivity contribution is -0.123. The molecule has 23 heavy (non-hydrogen) atoms. The number of H-pyrrole nitrogens is 2. The van der Waals surface area contributed by atoms with Gasteiger partial charge in [-0.3, -0.25) is 4.57 Å². The van der Waals surface area contributed by atoms with Crippen LogP contribution >= 0.6 is 0 Å². The topological polar surface area (TPSA) is 66.5 Å². The lowest BCUT2D eigenvalue weighted by Crippen LogP contribution is -2.55. The van der Waals surface area contributed by atoms with Crippen LogP contribution in [0, 0.1) is 23.2 Å². The smallest absolute Gasteiger partial charge is 0.326 e. The van der Waals surface area contributed by atoms with Gasteiger partial charge in [-0.2, -0.15) is 0 Å². The standard InChI is InChI=1S/C18H22N4O/c1-9-12-6-10(18(12,2)3)7-14(9)22-15-11-4-5-19-16(11)20-8-13(15)21-17(22)23/h4-5,8-10,12,14H,6-7H2,1-3H3,(H,19,20)(H,21,23)/t9-,10-,12+,14-/m0/s1. The quantitative estimate of drug-likeness (QED) is 0.723. The van der Waals surface area contributed by atoms with E-state index in [9.17, 15) is 4.79 Å². The summed E-state index contributed by atoms with van der Waals surface area (Å²) in [6.45, 7) is 7.11. The predicted molar refractivity (Wildman–Crippen MR) is 90.4 cm³/mol. The summed E-state index contributed by atoms with van der Waals surface area (Å²) in [5.41, 5.74) is 3.13. The van der Waals surface area contributed by atoms with Crippen molar-refractivity contribution in [2.45, 2.75) is 39.7 Å². The third-order valence-corrected chi connectivity index (χ3v) is 6.91. The molecule has 3 aliphatic carbocycles. The first-order valence-corrected chi connectivity index (χ1v) is 8.55. The third kappa shape index (κ3) is 1.53. The monoisotopic (exact) mass is 310 g/mol. The second-order valence-corrected chi connectivity index (χ2v) is 8.08. The number of imidazole rings is 1. The van der Waals surface area contributed by atoms with Crippen LogP contribution in [-0.4, -0.2) is 19.5 Å². The fraction of sp³-hybridized carbons (Fsp3) is 0.556. The van der Waals surface area contributed by atoms with Gasteiger partial charge in [-0.1, -0.05) is 20.8 Å². The Hall–Kier alpha value is -2.04. The van der Waals surface area contributed by atoms with Crippen LogP contribution in [-0.2, 0) is 0 Å². The SMILES string of the molecule is C[C@H]1[C@H]2C[C@@H](C[C@@H]1n1c(=O)[nH]c3cnc4[nH]ccc4c31)C2(C)C. The molecule has 5 nitrogen and oxygen atoms in total. The molecule has 3 saturated carbocycles. The summed E-state index contributed by atoms with van der Waals surface area (Å²) in [4.78, 5) is 23.3. The molecule has 0 radical (unpaired) electrons. The summed E-state index contributed by atoms with van der Waals surface area (Å²) >= 11 is 0. The van der Waals surface area contributed by atoms with Crippen LogP contribution in [0.1, 0.15) is 39.7 Å². The number of rotatable bonds is 1. The van der Waals surface area contributed by atoms with Crippen molar-refractivity contribution in [2.75, 3.05) is 0 Å². The van der Waals surface area contributed by atoms with Gasteiger partial charge >= 0.3 is 5.69 Å². The van der Waals surface area contributed by atoms with Crippen LogP contribution < -0.4 is 5.69 Å². The maximum absolute atomic E-state index is 12.7. The van der Waals surface area contributed by atoms with E-state index in [0.29, 0.717) is 17.3 Å². The van der Waals surface area contributed by atoms with Crippen LogP contribution in [0.2, 0.25) is 0 Å². The van der Waals surface area contributed by atoms with Gasteiger partial charge in [0.15, 0.2) is 0 Å². The molecule has 0 amide bonds. The van der Waals surface area contributed by atoms with E-state index < -0.39 is 0 Å². The zero-order valence-corrected chi connectivity index (χ0v) is 13.8. The normalized spacial score (nSPS) is 32.3. The highest BCUT2D eigenvalue weighted by Crippen LogP contribution is 2.64. The van der Waals surface area contributed by atoms with Gasteiger partial charge in [-0.25, -0.2) is 9.78 Å². The van der Waals surface area contributed by atoms with Gasteiger partial charge in [0, 0.05) is 17.6 Å². The molecule has 3 fully saturated rings. The third-order valence-electron chi connectivity index (χ3n) is 6.91. The van der Waals surface area contributed by atoms with Crippen molar-refractivity contribution < 1.29 is 0 Å². The second kappa shape index (κ2) is 4.08. The number of fused-ring (bicyclic) bond motifs is 5. The number of hydrogen-bond acceptors (Lipinski definition) is 2. The van der Waals surface area contributed by atoms with Crippen molar-refractivity contribution in [1.29, 1.82) is 0 Å². The van der Waals surface area contributed by atoms with E-state index in [-0.39, 0.29) is 11.7 Å². The highest BCUT2D eigenvalue weighted by molar-refractivity contribution is 6.00. The molecule has 4 atom stereocenters. The first-order chi connectivity index (χ1) is 11.0. The van der Waals surface area contributed by atoms with Crippen LogP contribution in [0.3, 0.4) is 0 Å². The average molecular weight is 310 g/mol. The van der Waals surface area contributed by atoms with Crippen molar-refractivity contribution in [3.63, 3.8) is 0 Å². The Labute approximate surface area is 134 Å². The second-order valence-electron chi connectivity index (χ2n) is 8.08. The fourth-order valence-corrected chi connectivity index (χ4v) is 5.40. The minimum Gasteiger partial charge on any atom is -0.346 e. The Morgan fingerprint density at radius 1 is 1.35 bits per heavy atom. The van der Waals surface area contributed by atoms with Crippen molar-refractivity contribution in [3.05, 3.63) is 28.9 Å². The molecule has 3 aromatic rings. The van der Waals surface area contributed by atoms with Crippen LogP contribution in [0.5, 0.6) is 0 Å². The minimum absolute atomic E-state index is 0.00598. The Morgan fingerprint density at radius 3 is 2.91 bits per heavy atom. The summed E-state index contributed by atoms with van der Waals surface area (Å²) in [6.07, 6.45) is 6.09. The van der Waals surface area contributed by atoms with Crippen LogP contribution in [0.15, 0.2) is 23.3 Å². The minimum atomic E-state index is 0.00598. The molecular formula is C18H22N4O. The molecular weight excluding hydrogens is 288 g/mol. The number of aromatic amines is 2. The molecule has 3 heterocycles. The first kappa shape index (κ1) is 13.4. The summed E-state index contributed by atoms with van der Waals surface area (Å²) in [5.74, 6) is 1.97. The molecule has 5 heteroatoms. The number of pyridine rings is 1. The van der Waals surface area contributed by atoms with E-state index in [4.69, 9.17) is 0 Å². The Morgan fingerprint density at radius 2 is 2.17 bits per heavy atom. The molecule has 6 rings (SSSR count).